The SMILES string of the molecule is CCCN(Cc1cnc(NN)cn1)C(C)C. The average Bonchev–Trinajstić information content (AvgIpc) is 2.29. The summed E-state index contributed by atoms with van der Waals surface area (Å²) in [7, 11) is 0. The molecule has 0 bridgehead atoms. The Bertz CT molecular complexity index is 296. The highest BCUT2D eigenvalue weighted by atomic mass is 15.3. The second-order valence-corrected chi connectivity index (χ2v) is 4.10. The highest BCUT2D eigenvalue weighted by Crippen LogP contribution is 2.07. The molecule has 5 heteroatoms. The number of aromatic nitrogens is 2. The molecule has 5 nitrogen and oxygen atoms in total. The van der Waals surface area contributed by atoms with Crippen molar-refractivity contribution in [1.29, 1.82) is 0 Å². The highest BCUT2D eigenvalue weighted by Gasteiger charge is 2.09. The van der Waals surface area contributed by atoms with Crippen molar-refractivity contribution in [2.24, 2.45) is 5.84 Å². The lowest BCUT2D eigenvalue weighted by Crippen LogP contribution is -2.31. The van der Waals surface area contributed by atoms with Crippen LogP contribution in [0.15, 0.2) is 12.4 Å². The predicted octanol–water partition coefficient (Wildman–Crippen LogP) is 1.38. The Morgan fingerprint density at radius 1 is 1.38 bits per heavy atom. The van der Waals surface area contributed by atoms with Crippen LogP contribution in [0.25, 0.3) is 0 Å². The van der Waals surface area contributed by atoms with Crippen molar-refractivity contribution in [2.75, 3.05) is 12.0 Å². The van der Waals surface area contributed by atoms with Gasteiger partial charge in [0.05, 0.1) is 18.1 Å². The fraction of sp³-hybridized carbons (Fsp3) is 0.636. The van der Waals surface area contributed by atoms with Crippen LogP contribution in [0.1, 0.15) is 32.9 Å². The summed E-state index contributed by atoms with van der Waals surface area (Å²) in [6.45, 7) is 8.49. The first-order valence-electron chi connectivity index (χ1n) is 5.69. The molecule has 16 heavy (non-hydrogen) atoms. The van der Waals surface area contributed by atoms with Crippen LogP contribution in [-0.2, 0) is 6.54 Å². The molecule has 0 saturated heterocycles. The van der Waals surface area contributed by atoms with Crippen LogP contribution >= 0.6 is 0 Å². The fourth-order valence-corrected chi connectivity index (χ4v) is 1.53. The predicted molar refractivity (Wildman–Crippen MR) is 65.7 cm³/mol. The van der Waals surface area contributed by atoms with Crippen LogP contribution < -0.4 is 11.3 Å². The lowest BCUT2D eigenvalue weighted by atomic mass is 10.2. The molecule has 0 saturated carbocycles. The molecule has 0 aromatic carbocycles. The smallest absolute Gasteiger partial charge is 0.158 e. The minimum atomic E-state index is 0.522. The van der Waals surface area contributed by atoms with Gasteiger partial charge < -0.3 is 5.43 Å². The number of nitrogens with zero attached hydrogens (tertiary/aromatic N) is 3. The van der Waals surface area contributed by atoms with Crippen LogP contribution in [-0.4, -0.2) is 27.5 Å². The van der Waals surface area contributed by atoms with E-state index in [9.17, 15) is 0 Å². The van der Waals surface area contributed by atoms with Gasteiger partial charge in [0.25, 0.3) is 0 Å². The van der Waals surface area contributed by atoms with Crippen LogP contribution in [0, 0.1) is 0 Å². The van der Waals surface area contributed by atoms with Crippen molar-refractivity contribution in [3.63, 3.8) is 0 Å². The van der Waals surface area contributed by atoms with Gasteiger partial charge in [-0.1, -0.05) is 6.92 Å². The first kappa shape index (κ1) is 12.9. The van der Waals surface area contributed by atoms with E-state index in [0.717, 1.165) is 25.2 Å². The van der Waals surface area contributed by atoms with E-state index in [1.54, 1.807) is 12.4 Å². The number of anilines is 1. The maximum absolute atomic E-state index is 5.23. The van der Waals surface area contributed by atoms with E-state index < -0.39 is 0 Å². The van der Waals surface area contributed by atoms with E-state index in [0.29, 0.717) is 11.9 Å². The van der Waals surface area contributed by atoms with Crippen molar-refractivity contribution in [3.8, 4) is 0 Å². The largest absolute Gasteiger partial charge is 0.307 e. The number of hydrogen-bond acceptors (Lipinski definition) is 5. The molecule has 1 rings (SSSR count). The van der Waals surface area contributed by atoms with Gasteiger partial charge in [-0.3, -0.25) is 9.88 Å². The van der Waals surface area contributed by atoms with E-state index in [1.165, 1.54) is 0 Å². The fourth-order valence-electron chi connectivity index (χ4n) is 1.53. The Morgan fingerprint density at radius 2 is 2.12 bits per heavy atom. The summed E-state index contributed by atoms with van der Waals surface area (Å²) in [6, 6.07) is 0.522. The van der Waals surface area contributed by atoms with Gasteiger partial charge in [-0.2, -0.15) is 0 Å². The summed E-state index contributed by atoms with van der Waals surface area (Å²) < 4.78 is 0. The molecule has 1 heterocycles. The summed E-state index contributed by atoms with van der Waals surface area (Å²) >= 11 is 0. The van der Waals surface area contributed by atoms with Crippen molar-refractivity contribution in [2.45, 2.75) is 39.8 Å². The van der Waals surface area contributed by atoms with E-state index >= 15 is 0 Å². The molecule has 0 aliphatic carbocycles. The normalized spacial score (nSPS) is 11.1. The third-order valence-corrected chi connectivity index (χ3v) is 2.46. The molecule has 1 aromatic rings. The molecular formula is C11H21N5. The van der Waals surface area contributed by atoms with E-state index in [2.05, 4.69) is 41.1 Å². The number of nitrogens with two attached hydrogens (primary N) is 1. The quantitative estimate of drug-likeness (QED) is 0.563. The van der Waals surface area contributed by atoms with Gasteiger partial charge in [0.1, 0.15) is 0 Å². The molecular weight excluding hydrogens is 202 g/mol. The van der Waals surface area contributed by atoms with E-state index in [4.69, 9.17) is 5.84 Å². The molecule has 90 valence electrons. The molecule has 0 amide bonds. The molecule has 0 aliphatic rings. The van der Waals surface area contributed by atoms with Crippen LogP contribution in [0.3, 0.4) is 0 Å². The highest BCUT2D eigenvalue weighted by molar-refractivity contribution is 5.28. The second-order valence-electron chi connectivity index (χ2n) is 4.10. The Kier molecular flexibility index (Phi) is 5.14. The topological polar surface area (TPSA) is 67.1 Å². The standard InChI is InChI=1S/C11H21N5/c1-4-5-16(9(2)3)8-10-6-14-11(15-12)7-13-10/h6-7,9H,4-5,8,12H2,1-3H3,(H,14,15). The van der Waals surface area contributed by atoms with Crippen molar-refractivity contribution < 1.29 is 0 Å². The zero-order chi connectivity index (χ0) is 12.0. The number of hydrazine groups is 1. The molecule has 0 fully saturated rings. The number of hydrogen-bond donors (Lipinski definition) is 2. The Hall–Kier alpha value is -1.20. The molecule has 0 unspecified atom stereocenters. The van der Waals surface area contributed by atoms with E-state index in [1.807, 2.05) is 0 Å². The molecule has 3 N–H and O–H groups in total. The molecule has 1 aromatic heterocycles. The first-order valence-corrected chi connectivity index (χ1v) is 5.69. The molecule has 0 radical (unpaired) electrons. The summed E-state index contributed by atoms with van der Waals surface area (Å²) in [6.07, 6.45) is 4.56. The number of rotatable bonds is 6. The van der Waals surface area contributed by atoms with Crippen molar-refractivity contribution in [1.82, 2.24) is 14.9 Å². The van der Waals surface area contributed by atoms with E-state index in [-0.39, 0.29) is 0 Å². The van der Waals surface area contributed by atoms with Gasteiger partial charge in [0, 0.05) is 12.6 Å². The zero-order valence-corrected chi connectivity index (χ0v) is 10.3. The van der Waals surface area contributed by atoms with Crippen LogP contribution in [0.5, 0.6) is 0 Å². The van der Waals surface area contributed by atoms with Crippen molar-refractivity contribution >= 4 is 5.82 Å². The minimum Gasteiger partial charge on any atom is -0.307 e. The number of nitrogen functional groups attached to an aromatic ring is 1. The van der Waals surface area contributed by atoms with Gasteiger partial charge in [0.15, 0.2) is 5.82 Å². The average molecular weight is 223 g/mol. The number of nitrogens with one attached hydrogen (secondary N) is 1. The van der Waals surface area contributed by atoms with Gasteiger partial charge in [-0.25, -0.2) is 10.8 Å². The summed E-state index contributed by atoms with van der Waals surface area (Å²) in [5.41, 5.74) is 3.44. The summed E-state index contributed by atoms with van der Waals surface area (Å²) in [5.74, 6) is 5.83. The molecule has 0 atom stereocenters. The van der Waals surface area contributed by atoms with Gasteiger partial charge in [-0.05, 0) is 26.8 Å². The third kappa shape index (κ3) is 3.75. The third-order valence-electron chi connectivity index (χ3n) is 2.46. The zero-order valence-electron chi connectivity index (χ0n) is 10.3. The molecule has 0 aliphatic heterocycles. The van der Waals surface area contributed by atoms with Crippen LogP contribution in [0.4, 0.5) is 5.82 Å². The maximum atomic E-state index is 5.23. The Balaban J connectivity index is 2.62. The molecule has 0 spiro atoms. The Morgan fingerprint density at radius 3 is 2.56 bits per heavy atom. The lowest BCUT2D eigenvalue weighted by molar-refractivity contribution is 0.210. The van der Waals surface area contributed by atoms with Gasteiger partial charge in [0.2, 0.25) is 0 Å². The van der Waals surface area contributed by atoms with Gasteiger partial charge >= 0.3 is 0 Å². The minimum absolute atomic E-state index is 0.522. The first-order chi connectivity index (χ1) is 7.67. The van der Waals surface area contributed by atoms with Crippen LogP contribution in [0.2, 0.25) is 0 Å². The maximum Gasteiger partial charge on any atom is 0.158 e. The van der Waals surface area contributed by atoms with Crippen molar-refractivity contribution in [3.05, 3.63) is 18.1 Å². The summed E-state index contributed by atoms with van der Waals surface area (Å²) in [5, 5.41) is 0. The summed E-state index contributed by atoms with van der Waals surface area (Å²) in [4.78, 5) is 10.8. The Labute approximate surface area is 97.0 Å². The van der Waals surface area contributed by atoms with Gasteiger partial charge in [-0.15, -0.1) is 0 Å². The second kappa shape index (κ2) is 6.40. The monoisotopic (exact) mass is 223 g/mol. The lowest BCUT2D eigenvalue weighted by Gasteiger charge is -2.25.